The maximum Gasteiger partial charge on any atom is 0.331 e. The number of ether oxygens (including phenoxy) is 1. The second-order valence-corrected chi connectivity index (χ2v) is 7.34. The Labute approximate surface area is 149 Å². The molecule has 1 aromatic carbocycles. The molecule has 1 aromatic heterocycles. The number of furan rings is 1. The van der Waals surface area contributed by atoms with Crippen LogP contribution in [0.5, 0.6) is 0 Å². The van der Waals surface area contributed by atoms with E-state index in [-0.39, 0.29) is 15.6 Å². The van der Waals surface area contributed by atoms with Crippen LogP contribution in [0, 0.1) is 0 Å². The van der Waals surface area contributed by atoms with E-state index in [0.29, 0.717) is 5.76 Å². The van der Waals surface area contributed by atoms with E-state index in [1.165, 1.54) is 30.5 Å². The van der Waals surface area contributed by atoms with Crippen LogP contribution in [0.15, 0.2) is 52.0 Å². The van der Waals surface area contributed by atoms with Crippen molar-refractivity contribution in [2.75, 3.05) is 18.2 Å². The number of hydrogen-bond acceptors (Lipinski definition) is 6. The average molecular weight is 384 g/mol. The van der Waals surface area contributed by atoms with Gasteiger partial charge in [-0.05, 0) is 36.4 Å². The molecule has 0 saturated carbocycles. The normalized spacial score (nSPS) is 11.4. The van der Waals surface area contributed by atoms with Gasteiger partial charge in [-0.3, -0.25) is 4.79 Å². The van der Waals surface area contributed by atoms with Crippen LogP contribution >= 0.6 is 11.6 Å². The molecule has 0 radical (unpaired) electrons. The van der Waals surface area contributed by atoms with Gasteiger partial charge in [-0.2, -0.15) is 0 Å². The summed E-state index contributed by atoms with van der Waals surface area (Å²) in [6.07, 6.45) is 5.00. The molecular formula is C16H14ClNO6S. The molecule has 1 amide bonds. The van der Waals surface area contributed by atoms with Crippen LogP contribution < -0.4 is 5.32 Å². The van der Waals surface area contributed by atoms with Crippen molar-refractivity contribution in [1.82, 2.24) is 0 Å². The van der Waals surface area contributed by atoms with Crippen LogP contribution in [-0.4, -0.2) is 33.2 Å². The van der Waals surface area contributed by atoms with Crippen molar-refractivity contribution < 1.29 is 27.2 Å². The van der Waals surface area contributed by atoms with E-state index >= 15 is 0 Å². The Bertz CT molecular complexity index is 903. The van der Waals surface area contributed by atoms with Gasteiger partial charge in [-0.15, -0.1) is 0 Å². The topological polar surface area (TPSA) is 103 Å². The fourth-order valence-electron chi connectivity index (χ4n) is 1.74. The summed E-state index contributed by atoms with van der Waals surface area (Å²) in [7, 11) is -3.45. The van der Waals surface area contributed by atoms with Crippen LogP contribution in [0.25, 0.3) is 6.08 Å². The van der Waals surface area contributed by atoms with Gasteiger partial charge in [0.1, 0.15) is 5.76 Å². The maximum absolute atomic E-state index is 11.8. The molecule has 0 unspecified atom stereocenters. The Hall–Kier alpha value is -2.58. The smallest absolute Gasteiger partial charge is 0.331 e. The number of amides is 1. The van der Waals surface area contributed by atoms with Crippen molar-refractivity contribution in [1.29, 1.82) is 0 Å². The fourth-order valence-corrected chi connectivity index (χ4v) is 2.55. The molecule has 1 heterocycles. The van der Waals surface area contributed by atoms with E-state index < -0.39 is 28.3 Å². The quantitative estimate of drug-likeness (QED) is 0.607. The summed E-state index contributed by atoms with van der Waals surface area (Å²) >= 11 is 5.92. The summed E-state index contributed by atoms with van der Waals surface area (Å²) in [4.78, 5) is 23.3. The molecule has 9 heteroatoms. The minimum absolute atomic E-state index is 0.00516. The van der Waals surface area contributed by atoms with Crippen LogP contribution in [0.2, 0.25) is 5.02 Å². The molecule has 0 atom stereocenters. The summed E-state index contributed by atoms with van der Waals surface area (Å²) in [5.74, 6) is -0.930. The van der Waals surface area contributed by atoms with E-state index in [4.69, 9.17) is 20.8 Å². The second kappa shape index (κ2) is 8.00. The fraction of sp³-hybridized carbons (Fsp3) is 0.125. The SMILES string of the molecule is CS(=O)(=O)c1ccc(Cl)c(NC(=O)COC(=O)/C=C/c2ccco2)c1. The molecular weight excluding hydrogens is 370 g/mol. The maximum atomic E-state index is 11.8. The number of nitrogens with one attached hydrogen (secondary N) is 1. The van der Waals surface area contributed by atoms with Gasteiger partial charge in [0.2, 0.25) is 0 Å². The summed E-state index contributed by atoms with van der Waals surface area (Å²) in [5.41, 5.74) is 0.108. The first kappa shape index (κ1) is 18.8. The predicted molar refractivity (Wildman–Crippen MR) is 91.9 cm³/mol. The molecule has 25 heavy (non-hydrogen) atoms. The van der Waals surface area contributed by atoms with Crippen molar-refractivity contribution in [2.45, 2.75) is 4.90 Å². The van der Waals surface area contributed by atoms with Gasteiger partial charge in [0.15, 0.2) is 16.4 Å². The van der Waals surface area contributed by atoms with Crippen molar-refractivity contribution in [2.24, 2.45) is 0 Å². The van der Waals surface area contributed by atoms with E-state index in [2.05, 4.69) is 5.32 Å². The number of esters is 1. The molecule has 0 aliphatic rings. The number of sulfone groups is 1. The third kappa shape index (κ3) is 5.77. The van der Waals surface area contributed by atoms with Crippen LogP contribution in [0.4, 0.5) is 5.69 Å². The monoisotopic (exact) mass is 383 g/mol. The minimum Gasteiger partial charge on any atom is -0.465 e. The second-order valence-electron chi connectivity index (χ2n) is 4.92. The van der Waals surface area contributed by atoms with Gasteiger partial charge in [0, 0.05) is 12.3 Å². The first-order chi connectivity index (χ1) is 11.8. The minimum atomic E-state index is -3.45. The lowest BCUT2D eigenvalue weighted by Gasteiger charge is -2.09. The van der Waals surface area contributed by atoms with Crippen molar-refractivity contribution in [3.05, 3.63) is 53.5 Å². The third-order valence-electron chi connectivity index (χ3n) is 2.91. The molecule has 2 aromatic rings. The highest BCUT2D eigenvalue weighted by Gasteiger charge is 2.13. The predicted octanol–water partition coefficient (Wildman–Crippen LogP) is 2.53. The van der Waals surface area contributed by atoms with Gasteiger partial charge in [-0.25, -0.2) is 13.2 Å². The van der Waals surface area contributed by atoms with Gasteiger partial charge >= 0.3 is 5.97 Å². The summed E-state index contributed by atoms with van der Waals surface area (Å²) in [5, 5.41) is 2.55. The highest BCUT2D eigenvalue weighted by atomic mass is 35.5. The molecule has 2 rings (SSSR count). The molecule has 0 aliphatic heterocycles. The number of rotatable bonds is 6. The van der Waals surface area contributed by atoms with Gasteiger partial charge in [0.05, 0.1) is 21.9 Å². The molecule has 0 fully saturated rings. The summed E-state index contributed by atoms with van der Waals surface area (Å²) in [6, 6.07) is 7.21. The Balaban J connectivity index is 1.93. The highest BCUT2D eigenvalue weighted by Crippen LogP contribution is 2.25. The molecule has 7 nitrogen and oxygen atoms in total. The van der Waals surface area contributed by atoms with E-state index in [1.54, 1.807) is 12.1 Å². The van der Waals surface area contributed by atoms with Gasteiger partial charge in [-0.1, -0.05) is 11.6 Å². The molecule has 0 aliphatic carbocycles. The van der Waals surface area contributed by atoms with Crippen LogP contribution in [0.1, 0.15) is 5.76 Å². The third-order valence-corrected chi connectivity index (χ3v) is 4.35. The highest BCUT2D eigenvalue weighted by molar-refractivity contribution is 7.90. The molecule has 1 N–H and O–H groups in total. The largest absolute Gasteiger partial charge is 0.465 e. The van der Waals surface area contributed by atoms with Gasteiger partial charge < -0.3 is 14.5 Å². The number of hydrogen-bond donors (Lipinski definition) is 1. The first-order valence-electron chi connectivity index (χ1n) is 6.93. The number of carbonyl (C=O) groups is 2. The Morgan fingerprint density at radius 3 is 2.72 bits per heavy atom. The Morgan fingerprint density at radius 2 is 2.08 bits per heavy atom. The van der Waals surface area contributed by atoms with E-state index in [1.807, 2.05) is 0 Å². The lowest BCUT2D eigenvalue weighted by Crippen LogP contribution is -2.20. The molecule has 132 valence electrons. The lowest BCUT2D eigenvalue weighted by atomic mass is 10.3. The van der Waals surface area contributed by atoms with Crippen molar-refractivity contribution >= 4 is 45.1 Å². The zero-order valence-electron chi connectivity index (χ0n) is 13.1. The van der Waals surface area contributed by atoms with E-state index in [9.17, 15) is 18.0 Å². The number of benzene rings is 1. The number of anilines is 1. The Morgan fingerprint density at radius 1 is 1.32 bits per heavy atom. The number of halogens is 1. The Kier molecular flexibility index (Phi) is 6.00. The van der Waals surface area contributed by atoms with Crippen molar-refractivity contribution in [3.63, 3.8) is 0 Å². The lowest BCUT2D eigenvalue weighted by molar-refractivity contribution is -0.142. The molecule has 0 saturated heterocycles. The first-order valence-corrected chi connectivity index (χ1v) is 9.20. The summed E-state index contributed by atoms with van der Waals surface area (Å²) < 4.78 is 32.8. The molecule has 0 bridgehead atoms. The van der Waals surface area contributed by atoms with Gasteiger partial charge in [0.25, 0.3) is 5.91 Å². The summed E-state index contributed by atoms with van der Waals surface area (Å²) in [6.45, 7) is -0.555. The van der Waals surface area contributed by atoms with Crippen LogP contribution in [0.3, 0.4) is 0 Å². The average Bonchev–Trinajstić information content (AvgIpc) is 3.05. The number of carbonyl (C=O) groups excluding carboxylic acids is 2. The standard InChI is InChI=1S/C16H14ClNO6S/c1-25(21,22)12-5-6-13(17)14(9-12)18-15(19)10-24-16(20)7-4-11-3-2-8-23-11/h2-9H,10H2,1H3,(H,18,19)/b7-4+. The van der Waals surface area contributed by atoms with Crippen LogP contribution in [-0.2, 0) is 24.2 Å². The zero-order valence-corrected chi connectivity index (χ0v) is 14.6. The molecule has 0 spiro atoms. The zero-order chi connectivity index (χ0) is 18.4. The van der Waals surface area contributed by atoms with Crippen molar-refractivity contribution in [3.8, 4) is 0 Å². The van der Waals surface area contributed by atoms with E-state index in [0.717, 1.165) is 12.3 Å².